The van der Waals surface area contributed by atoms with Gasteiger partial charge < -0.3 is 15.5 Å². The molecular weight excluding hydrogens is 262 g/mol. The number of nitrogens with one attached hydrogen (secondary N) is 2. The molecule has 1 atom stereocenters. The predicted octanol–water partition coefficient (Wildman–Crippen LogP) is 0.946. The first kappa shape index (κ1) is 13.2. The first-order valence-electron chi connectivity index (χ1n) is 7.17. The van der Waals surface area contributed by atoms with Crippen LogP contribution in [0.4, 0.5) is 4.79 Å². The van der Waals surface area contributed by atoms with Gasteiger partial charge in [-0.3, -0.25) is 9.59 Å². The Bertz CT molecular complexity index is 374. The second-order valence-electron chi connectivity index (χ2n) is 5.75. The molecule has 0 aromatic carbocycles. The van der Waals surface area contributed by atoms with Crippen molar-refractivity contribution in [3.05, 3.63) is 0 Å². The Morgan fingerprint density at radius 3 is 2.79 bits per heavy atom. The molecule has 2 N–H and O–H groups in total. The molecule has 0 aromatic rings. The van der Waals surface area contributed by atoms with Crippen molar-refractivity contribution in [2.24, 2.45) is 0 Å². The smallest absolute Gasteiger partial charge is 0.279 e. The van der Waals surface area contributed by atoms with E-state index in [1.807, 2.05) is 0 Å². The molecular formula is C13H21N3O2S. The van der Waals surface area contributed by atoms with Gasteiger partial charge in [0, 0.05) is 25.4 Å². The second kappa shape index (κ2) is 5.32. The van der Waals surface area contributed by atoms with Crippen LogP contribution in [0.3, 0.4) is 0 Å². The summed E-state index contributed by atoms with van der Waals surface area (Å²) in [7, 11) is 0. The highest BCUT2D eigenvalue weighted by Crippen LogP contribution is 2.35. The number of hydrogen-bond acceptors (Lipinski definition) is 4. The maximum atomic E-state index is 12.7. The van der Waals surface area contributed by atoms with Gasteiger partial charge in [-0.05, 0) is 12.8 Å². The predicted molar refractivity (Wildman–Crippen MR) is 75.2 cm³/mol. The maximum absolute atomic E-state index is 12.7. The summed E-state index contributed by atoms with van der Waals surface area (Å²) >= 11 is 1.22. The number of rotatable bonds is 1. The van der Waals surface area contributed by atoms with Gasteiger partial charge in [-0.25, -0.2) is 0 Å². The van der Waals surface area contributed by atoms with E-state index in [0.717, 1.165) is 32.5 Å². The van der Waals surface area contributed by atoms with Gasteiger partial charge in [0.1, 0.15) is 6.04 Å². The monoisotopic (exact) mass is 283 g/mol. The normalized spacial score (nSPS) is 30.4. The van der Waals surface area contributed by atoms with Gasteiger partial charge in [-0.2, -0.15) is 0 Å². The molecule has 2 saturated heterocycles. The molecule has 2 aliphatic heterocycles. The average molecular weight is 283 g/mol. The van der Waals surface area contributed by atoms with Crippen LogP contribution in [0.2, 0.25) is 0 Å². The first-order valence-corrected chi connectivity index (χ1v) is 8.15. The molecule has 3 aliphatic rings. The molecule has 2 heterocycles. The lowest BCUT2D eigenvalue weighted by atomic mass is 9.78. The lowest BCUT2D eigenvalue weighted by molar-refractivity contribution is -0.142. The fourth-order valence-corrected chi connectivity index (χ4v) is 4.32. The Hall–Kier alpha value is -0.750. The number of carbonyl (C=O) groups is 2. The third kappa shape index (κ3) is 2.48. The Morgan fingerprint density at radius 1 is 1.32 bits per heavy atom. The number of thioether (sulfide) groups is 1. The van der Waals surface area contributed by atoms with E-state index in [1.54, 1.807) is 0 Å². The Morgan fingerprint density at radius 2 is 2.11 bits per heavy atom. The van der Waals surface area contributed by atoms with Crippen LogP contribution in [0.1, 0.15) is 32.1 Å². The Labute approximate surface area is 117 Å². The average Bonchev–Trinajstić information content (AvgIpc) is 2.86. The van der Waals surface area contributed by atoms with Gasteiger partial charge in [0.15, 0.2) is 0 Å². The van der Waals surface area contributed by atoms with Crippen LogP contribution in [-0.2, 0) is 4.79 Å². The van der Waals surface area contributed by atoms with Crippen molar-refractivity contribution in [2.75, 3.05) is 25.4 Å². The molecule has 2 amide bonds. The fraction of sp³-hybridized carbons (Fsp3) is 0.846. The minimum atomic E-state index is -0.311. The molecule has 3 fully saturated rings. The summed E-state index contributed by atoms with van der Waals surface area (Å²) in [6, 6.07) is -0.311. The molecule has 1 aliphatic carbocycles. The zero-order chi connectivity index (χ0) is 13.3. The van der Waals surface area contributed by atoms with Crippen molar-refractivity contribution in [2.45, 2.75) is 43.7 Å². The summed E-state index contributed by atoms with van der Waals surface area (Å²) in [6.07, 6.45) is 5.88. The van der Waals surface area contributed by atoms with Gasteiger partial charge in [-0.1, -0.05) is 31.0 Å². The third-order valence-electron chi connectivity index (χ3n) is 4.56. The zero-order valence-corrected chi connectivity index (χ0v) is 11.9. The van der Waals surface area contributed by atoms with Crippen molar-refractivity contribution < 1.29 is 9.59 Å². The number of amides is 2. The van der Waals surface area contributed by atoms with E-state index >= 15 is 0 Å². The molecule has 3 rings (SSSR count). The molecule has 0 radical (unpaired) electrons. The fourth-order valence-electron chi connectivity index (χ4n) is 3.55. The molecule has 0 bridgehead atoms. The van der Waals surface area contributed by atoms with Crippen LogP contribution >= 0.6 is 11.8 Å². The maximum Gasteiger partial charge on any atom is 0.279 e. The molecule has 1 spiro atoms. The molecule has 1 unspecified atom stereocenters. The van der Waals surface area contributed by atoms with Crippen LogP contribution in [-0.4, -0.2) is 53.0 Å². The number of carbonyl (C=O) groups excluding carboxylic acids is 2. The van der Waals surface area contributed by atoms with E-state index < -0.39 is 0 Å². The van der Waals surface area contributed by atoms with Gasteiger partial charge in [0.2, 0.25) is 5.91 Å². The van der Waals surface area contributed by atoms with E-state index in [9.17, 15) is 9.59 Å². The lowest BCUT2D eigenvalue weighted by Crippen LogP contribution is -2.66. The number of piperazine rings is 1. The molecule has 106 valence electrons. The van der Waals surface area contributed by atoms with Crippen molar-refractivity contribution in [1.29, 1.82) is 0 Å². The Balaban J connectivity index is 1.76. The quantitative estimate of drug-likeness (QED) is 0.752. The van der Waals surface area contributed by atoms with Gasteiger partial charge in [0.05, 0.1) is 5.54 Å². The molecule has 6 heteroatoms. The summed E-state index contributed by atoms with van der Waals surface area (Å²) in [4.78, 5) is 26.0. The molecule has 5 nitrogen and oxygen atoms in total. The van der Waals surface area contributed by atoms with Crippen LogP contribution in [0.15, 0.2) is 0 Å². The van der Waals surface area contributed by atoms with Crippen molar-refractivity contribution in [3.63, 3.8) is 0 Å². The summed E-state index contributed by atoms with van der Waals surface area (Å²) in [5, 5.41) is 6.16. The lowest BCUT2D eigenvalue weighted by Gasteiger charge is -2.50. The number of nitrogens with zero attached hydrogens (tertiary/aromatic N) is 1. The summed E-state index contributed by atoms with van der Waals surface area (Å²) in [5.74, 6) is 0.708. The van der Waals surface area contributed by atoms with E-state index in [2.05, 4.69) is 15.5 Å². The van der Waals surface area contributed by atoms with Crippen molar-refractivity contribution >= 4 is 22.9 Å². The minimum Gasteiger partial charge on any atom is -0.334 e. The highest BCUT2D eigenvalue weighted by atomic mass is 32.2. The number of hydrogen-bond donors (Lipinski definition) is 2. The molecule has 1 saturated carbocycles. The standard InChI is InChI=1S/C13H21N3O2S/c17-11(10-8-19-12(18)15-10)16-7-6-14-9-13(16)4-2-1-3-5-13/h10,14H,1-9H2,(H,15,18). The van der Waals surface area contributed by atoms with E-state index in [-0.39, 0.29) is 22.7 Å². The summed E-state index contributed by atoms with van der Waals surface area (Å²) in [6.45, 7) is 2.55. The van der Waals surface area contributed by atoms with Gasteiger partial charge >= 0.3 is 0 Å². The Kier molecular flexibility index (Phi) is 3.71. The van der Waals surface area contributed by atoms with E-state index in [4.69, 9.17) is 0 Å². The zero-order valence-electron chi connectivity index (χ0n) is 11.1. The first-order chi connectivity index (χ1) is 9.21. The van der Waals surface area contributed by atoms with Crippen LogP contribution in [0.5, 0.6) is 0 Å². The third-order valence-corrected chi connectivity index (χ3v) is 5.44. The van der Waals surface area contributed by atoms with Crippen molar-refractivity contribution in [1.82, 2.24) is 15.5 Å². The van der Waals surface area contributed by atoms with E-state index in [0.29, 0.717) is 5.75 Å². The highest BCUT2D eigenvalue weighted by Gasteiger charge is 2.45. The second-order valence-corrected chi connectivity index (χ2v) is 6.74. The van der Waals surface area contributed by atoms with Gasteiger partial charge in [0.25, 0.3) is 5.24 Å². The largest absolute Gasteiger partial charge is 0.334 e. The summed E-state index contributed by atoms with van der Waals surface area (Å²) in [5.41, 5.74) is 0.00552. The van der Waals surface area contributed by atoms with Crippen LogP contribution < -0.4 is 10.6 Å². The van der Waals surface area contributed by atoms with E-state index in [1.165, 1.54) is 31.0 Å². The van der Waals surface area contributed by atoms with Gasteiger partial charge in [-0.15, -0.1) is 0 Å². The molecule has 19 heavy (non-hydrogen) atoms. The topological polar surface area (TPSA) is 61.4 Å². The SMILES string of the molecule is O=C1NC(C(=O)N2CCNCC23CCCCC3)CS1. The highest BCUT2D eigenvalue weighted by molar-refractivity contribution is 8.14. The molecule has 0 aromatic heterocycles. The van der Waals surface area contributed by atoms with Crippen LogP contribution in [0, 0.1) is 0 Å². The summed E-state index contributed by atoms with van der Waals surface area (Å²) < 4.78 is 0. The van der Waals surface area contributed by atoms with Crippen molar-refractivity contribution in [3.8, 4) is 0 Å². The minimum absolute atomic E-state index is 0.00552. The van der Waals surface area contributed by atoms with Crippen LogP contribution in [0.25, 0.3) is 0 Å².